The smallest absolute Gasteiger partial charge is 0.267 e. The summed E-state index contributed by atoms with van der Waals surface area (Å²) >= 11 is 0. The van der Waals surface area contributed by atoms with Crippen LogP contribution in [-0.2, 0) is 13.5 Å². The minimum atomic E-state index is -0.216. The van der Waals surface area contributed by atoms with Crippen LogP contribution in [0, 0.1) is 11.3 Å². The predicted molar refractivity (Wildman–Crippen MR) is 64.2 cm³/mol. The molecule has 0 radical (unpaired) electrons. The second kappa shape index (κ2) is 4.62. The Labute approximate surface area is 98.8 Å². The molecule has 0 fully saturated rings. The van der Waals surface area contributed by atoms with Gasteiger partial charge in [-0.15, -0.1) is 0 Å². The van der Waals surface area contributed by atoms with E-state index in [1.54, 1.807) is 13.1 Å². The Morgan fingerprint density at radius 1 is 1.35 bits per heavy atom. The molecule has 0 atom stereocenters. The standard InChI is InChI=1S/C13H11N3O/c1-16-13(17)11(7-8-14)9-12(15-16)10-5-3-2-4-6-10/h2-6,9H,7H2,1H3. The molecule has 1 aromatic carbocycles. The van der Waals surface area contributed by atoms with Crippen molar-refractivity contribution in [2.45, 2.75) is 6.42 Å². The molecule has 0 bridgehead atoms. The molecular weight excluding hydrogens is 214 g/mol. The van der Waals surface area contributed by atoms with E-state index in [2.05, 4.69) is 5.10 Å². The molecule has 0 aliphatic carbocycles. The molecule has 2 aromatic rings. The van der Waals surface area contributed by atoms with Crippen LogP contribution in [0.1, 0.15) is 5.56 Å². The molecule has 0 unspecified atom stereocenters. The van der Waals surface area contributed by atoms with Crippen molar-refractivity contribution in [3.63, 3.8) is 0 Å². The van der Waals surface area contributed by atoms with Crippen molar-refractivity contribution in [3.8, 4) is 17.3 Å². The fraction of sp³-hybridized carbons (Fsp3) is 0.154. The van der Waals surface area contributed by atoms with Gasteiger partial charge >= 0.3 is 0 Å². The summed E-state index contributed by atoms with van der Waals surface area (Å²) in [6.45, 7) is 0. The molecule has 0 spiro atoms. The van der Waals surface area contributed by atoms with Gasteiger partial charge in [0.15, 0.2) is 0 Å². The van der Waals surface area contributed by atoms with Crippen LogP contribution < -0.4 is 5.56 Å². The molecule has 84 valence electrons. The topological polar surface area (TPSA) is 58.7 Å². The highest BCUT2D eigenvalue weighted by atomic mass is 16.1. The van der Waals surface area contributed by atoms with Crippen molar-refractivity contribution in [1.82, 2.24) is 9.78 Å². The first-order chi connectivity index (χ1) is 8.22. The van der Waals surface area contributed by atoms with E-state index in [0.717, 1.165) is 5.56 Å². The van der Waals surface area contributed by atoms with Crippen molar-refractivity contribution < 1.29 is 0 Å². The van der Waals surface area contributed by atoms with Crippen LogP contribution in [0.25, 0.3) is 11.3 Å². The first-order valence-corrected chi connectivity index (χ1v) is 5.22. The zero-order valence-electron chi connectivity index (χ0n) is 9.42. The number of nitriles is 1. The van der Waals surface area contributed by atoms with Gasteiger partial charge in [-0.25, -0.2) is 4.68 Å². The lowest BCUT2D eigenvalue weighted by Gasteiger charge is -2.05. The second-order valence-electron chi connectivity index (χ2n) is 3.68. The third kappa shape index (κ3) is 2.23. The van der Waals surface area contributed by atoms with Crippen molar-refractivity contribution in [1.29, 1.82) is 5.26 Å². The summed E-state index contributed by atoms with van der Waals surface area (Å²) in [6, 6.07) is 13.2. The van der Waals surface area contributed by atoms with E-state index in [9.17, 15) is 4.79 Å². The van der Waals surface area contributed by atoms with Gasteiger partial charge in [-0.2, -0.15) is 10.4 Å². The maximum atomic E-state index is 11.7. The minimum absolute atomic E-state index is 0.106. The Bertz CT molecular complexity index is 623. The van der Waals surface area contributed by atoms with Crippen LogP contribution in [0.5, 0.6) is 0 Å². The van der Waals surface area contributed by atoms with Crippen LogP contribution in [0.2, 0.25) is 0 Å². The van der Waals surface area contributed by atoms with Gasteiger partial charge < -0.3 is 0 Å². The molecule has 0 saturated heterocycles. The van der Waals surface area contributed by atoms with Crippen molar-refractivity contribution in [2.24, 2.45) is 7.05 Å². The van der Waals surface area contributed by atoms with Crippen molar-refractivity contribution >= 4 is 0 Å². The summed E-state index contributed by atoms with van der Waals surface area (Å²) in [5.41, 5.74) is 1.90. The monoisotopic (exact) mass is 225 g/mol. The summed E-state index contributed by atoms with van der Waals surface area (Å²) in [7, 11) is 1.59. The van der Waals surface area contributed by atoms with Gasteiger partial charge in [0.1, 0.15) is 0 Å². The maximum Gasteiger partial charge on any atom is 0.270 e. The number of nitrogens with zero attached hydrogens (tertiary/aromatic N) is 3. The first-order valence-electron chi connectivity index (χ1n) is 5.22. The Morgan fingerprint density at radius 3 is 2.71 bits per heavy atom. The van der Waals surface area contributed by atoms with E-state index in [-0.39, 0.29) is 12.0 Å². The van der Waals surface area contributed by atoms with E-state index in [4.69, 9.17) is 5.26 Å². The molecule has 0 N–H and O–H groups in total. The van der Waals surface area contributed by atoms with Crippen LogP contribution in [-0.4, -0.2) is 9.78 Å². The highest BCUT2D eigenvalue weighted by Crippen LogP contribution is 2.15. The number of aromatic nitrogens is 2. The number of hydrogen-bond donors (Lipinski definition) is 0. The van der Waals surface area contributed by atoms with E-state index >= 15 is 0 Å². The van der Waals surface area contributed by atoms with Gasteiger partial charge in [-0.1, -0.05) is 30.3 Å². The van der Waals surface area contributed by atoms with Gasteiger partial charge in [0, 0.05) is 18.2 Å². The third-order valence-corrected chi connectivity index (χ3v) is 2.48. The number of aryl methyl sites for hydroxylation is 1. The van der Waals surface area contributed by atoms with Gasteiger partial charge in [-0.05, 0) is 6.07 Å². The minimum Gasteiger partial charge on any atom is -0.267 e. The third-order valence-electron chi connectivity index (χ3n) is 2.48. The van der Waals surface area contributed by atoms with Crippen LogP contribution in [0.15, 0.2) is 41.2 Å². The zero-order valence-corrected chi connectivity index (χ0v) is 9.42. The average Bonchev–Trinajstić information content (AvgIpc) is 2.36. The Morgan fingerprint density at radius 2 is 2.06 bits per heavy atom. The van der Waals surface area contributed by atoms with Crippen LogP contribution in [0.4, 0.5) is 0 Å². The number of rotatable bonds is 2. The molecule has 4 heteroatoms. The fourth-order valence-corrected chi connectivity index (χ4v) is 1.63. The Hall–Kier alpha value is -2.41. The molecule has 1 aromatic heterocycles. The summed E-state index contributed by atoms with van der Waals surface area (Å²) in [6.07, 6.45) is 0.106. The van der Waals surface area contributed by atoms with Gasteiger partial charge in [0.05, 0.1) is 18.2 Å². The maximum absolute atomic E-state index is 11.7. The average molecular weight is 225 g/mol. The molecule has 1 heterocycles. The van der Waals surface area contributed by atoms with Crippen LogP contribution >= 0.6 is 0 Å². The molecule has 17 heavy (non-hydrogen) atoms. The predicted octanol–water partition coefficient (Wildman–Crippen LogP) is 1.51. The first kappa shape index (κ1) is 11.1. The number of hydrogen-bond acceptors (Lipinski definition) is 3. The molecule has 0 amide bonds. The molecule has 0 saturated carbocycles. The Balaban J connectivity index is 2.58. The molecule has 2 rings (SSSR count). The van der Waals surface area contributed by atoms with E-state index in [0.29, 0.717) is 11.3 Å². The highest BCUT2D eigenvalue weighted by molar-refractivity contribution is 5.58. The molecule has 0 aliphatic rings. The summed E-state index contributed by atoms with van der Waals surface area (Å²) in [4.78, 5) is 11.7. The Kier molecular flexibility index (Phi) is 3.01. The normalized spacial score (nSPS) is 9.88. The van der Waals surface area contributed by atoms with Crippen molar-refractivity contribution in [3.05, 3.63) is 52.3 Å². The lowest BCUT2D eigenvalue weighted by Crippen LogP contribution is -2.23. The summed E-state index contributed by atoms with van der Waals surface area (Å²) < 4.78 is 1.27. The lowest BCUT2D eigenvalue weighted by molar-refractivity contribution is 0.702. The van der Waals surface area contributed by atoms with E-state index in [1.807, 2.05) is 36.4 Å². The van der Waals surface area contributed by atoms with Crippen LogP contribution in [0.3, 0.4) is 0 Å². The number of benzene rings is 1. The summed E-state index contributed by atoms with van der Waals surface area (Å²) in [5, 5.41) is 12.9. The molecular formula is C13H11N3O. The van der Waals surface area contributed by atoms with E-state index in [1.165, 1.54) is 4.68 Å². The van der Waals surface area contributed by atoms with Gasteiger partial charge in [0.2, 0.25) is 0 Å². The zero-order chi connectivity index (χ0) is 12.3. The fourth-order valence-electron chi connectivity index (χ4n) is 1.63. The molecule has 4 nitrogen and oxygen atoms in total. The van der Waals surface area contributed by atoms with Gasteiger partial charge in [-0.3, -0.25) is 4.79 Å². The molecule has 0 aliphatic heterocycles. The van der Waals surface area contributed by atoms with E-state index < -0.39 is 0 Å². The SMILES string of the molecule is Cn1nc(-c2ccccc2)cc(CC#N)c1=O. The lowest BCUT2D eigenvalue weighted by atomic mass is 10.1. The quantitative estimate of drug-likeness (QED) is 0.778. The summed E-state index contributed by atoms with van der Waals surface area (Å²) in [5.74, 6) is 0. The van der Waals surface area contributed by atoms with Crippen molar-refractivity contribution in [2.75, 3.05) is 0 Å². The largest absolute Gasteiger partial charge is 0.270 e. The highest BCUT2D eigenvalue weighted by Gasteiger charge is 2.07. The van der Waals surface area contributed by atoms with Gasteiger partial charge in [0.25, 0.3) is 5.56 Å². The second-order valence-corrected chi connectivity index (χ2v) is 3.68.